The number of hydrogen-bond acceptors (Lipinski definition) is 2. The van der Waals surface area contributed by atoms with Crippen LogP contribution < -0.4 is 0 Å². The normalized spacial score (nSPS) is 18.7. The zero-order valence-electron chi connectivity index (χ0n) is 9.71. The molecule has 90 valence electrons. The maximum atomic E-state index is 5.87. The third kappa shape index (κ3) is 2.30. The topological polar surface area (TPSA) is 21.6 Å². The average molecular weight is 258 g/mol. The van der Waals surface area contributed by atoms with Crippen LogP contribution in [0.25, 0.3) is 0 Å². The van der Waals surface area contributed by atoms with Crippen molar-refractivity contribution in [1.82, 2.24) is 0 Å². The molecule has 1 aliphatic heterocycles. The monoisotopic (exact) mass is 257 g/mol. The quantitative estimate of drug-likeness (QED) is 0.801. The predicted molar refractivity (Wildman–Crippen MR) is 73.1 cm³/mol. The van der Waals surface area contributed by atoms with Crippen molar-refractivity contribution in [3.63, 3.8) is 0 Å². The molecular weight excluding hydrogens is 246 g/mol. The smallest absolute Gasteiger partial charge is 0.175 e. The highest BCUT2D eigenvalue weighted by Gasteiger charge is 2.20. The summed E-state index contributed by atoms with van der Waals surface area (Å²) in [5.74, 6) is 0. The van der Waals surface area contributed by atoms with Crippen LogP contribution in [0.3, 0.4) is 0 Å². The summed E-state index contributed by atoms with van der Waals surface area (Å²) in [5.41, 5.74) is 3.15. The number of aliphatic imine (C=N–C) groups is 1. The lowest BCUT2D eigenvalue weighted by molar-refractivity contribution is 0.110. The number of benzene rings is 2. The molecule has 0 amide bonds. The van der Waals surface area contributed by atoms with Gasteiger partial charge >= 0.3 is 0 Å². The summed E-state index contributed by atoms with van der Waals surface area (Å²) in [6.07, 6.45) is -0.211. The molecule has 1 unspecified atom stereocenters. The van der Waals surface area contributed by atoms with E-state index in [0.717, 1.165) is 21.9 Å². The van der Waals surface area contributed by atoms with E-state index in [2.05, 4.69) is 4.99 Å². The van der Waals surface area contributed by atoms with Crippen LogP contribution in [0.5, 0.6) is 0 Å². The lowest BCUT2D eigenvalue weighted by Crippen LogP contribution is -2.02. The molecule has 1 heterocycles. The van der Waals surface area contributed by atoms with Gasteiger partial charge in [-0.3, -0.25) is 4.99 Å². The molecule has 3 rings (SSSR count). The van der Waals surface area contributed by atoms with Crippen LogP contribution in [0.2, 0.25) is 5.02 Å². The van der Waals surface area contributed by atoms with Gasteiger partial charge < -0.3 is 4.74 Å². The Balaban J connectivity index is 1.85. The fraction of sp³-hybridized carbons (Fsp3) is 0.133. The van der Waals surface area contributed by atoms with E-state index in [-0.39, 0.29) is 6.23 Å². The van der Waals surface area contributed by atoms with Crippen LogP contribution >= 0.6 is 11.6 Å². The number of hydrogen-bond donors (Lipinski definition) is 0. The van der Waals surface area contributed by atoms with E-state index in [1.54, 1.807) is 0 Å². The number of rotatable bonds is 2. The fourth-order valence-electron chi connectivity index (χ4n) is 1.96. The molecule has 2 aromatic carbocycles. The molecule has 2 nitrogen and oxygen atoms in total. The molecule has 18 heavy (non-hydrogen) atoms. The van der Waals surface area contributed by atoms with Crippen LogP contribution in [0, 0.1) is 0 Å². The van der Waals surface area contributed by atoms with Gasteiger partial charge in [0.2, 0.25) is 0 Å². The molecule has 0 radical (unpaired) electrons. The molecule has 1 atom stereocenters. The minimum Gasteiger partial charge on any atom is -0.346 e. The highest BCUT2D eigenvalue weighted by molar-refractivity contribution is 6.30. The Morgan fingerprint density at radius 3 is 2.44 bits per heavy atom. The van der Waals surface area contributed by atoms with Gasteiger partial charge in [-0.2, -0.15) is 0 Å². The van der Waals surface area contributed by atoms with Crippen molar-refractivity contribution in [2.24, 2.45) is 4.99 Å². The molecule has 0 aromatic heterocycles. The SMILES string of the molecule is Clc1ccc(C2N=C(c3ccccc3)CO2)cc1. The number of ether oxygens (including phenoxy) is 1. The summed E-state index contributed by atoms with van der Waals surface area (Å²) in [6.45, 7) is 0.553. The van der Waals surface area contributed by atoms with Crippen molar-refractivity contribution in [1.29, 1.82) is 0 Å². The first-order valence-corrected chi connectivity index (χ1v) is 6.20. The van der Waals surface area contributed by atoms with Gasteiger partial charge in [0.15, 0.2) is 6.23 Å². The van der Waals surface area contributed by atoms with Crippen LogP contribution in [-0.2, 0) is 4.74 Å². The first kappa shape index (κ1) is 11.5. The first-order chi connectivity index (χ1) is 8.83. The van der Waals surface area contributed by atoms with Gasteiger partial charge in [0.05, 0.1) is 12.3 Å². The number of halogens is 1. The molecule has 0 saturated heterocycles. The van der Waals surface area contributed by atoms with Crippen molar-refractivity contribution in [3.8, 4) is 0 Å². The van der Waals surface area contributed by atoms with Crippen LogP contribution in [0.15, 0.2) is 59.6 Å². The Morgan fingerprint density at radius 1 is 1.00 bits per heavy atom. The Morgan fingerprint density at radius 2 is 1.72 bits per heavy atom. The summed E-state index contributed by atoms with van der Waals surface area (Å²) in [6, 6.07) is 17.7. The first-order valence-electron chi connectivity index (χ1n) is 5.82. The molecule has 0 N–H and O–H groups in total. The molecule has 0 aliphatic carbocycles. The highest BCUT2D eigenvalue weighted by atomic mass is 35.5. The second-order valence-electron chi connectivity index (χ2n) is 4.16. The van der Waals surface area contributed by atoms with Crippen molar-refractivity contribution in [2.75, 3.05) is 6.61 Å². The molecule has 0 bridgehead atoms. The Bertz CT molecular complexity index is 563. The second-order valence-corrected chi connectivity index (χ2v) is 4.59. The summed E-state index contributed by atoms with van der Waals surface area (Å²) >= 11 is 5.87. The summed E-state index contributed by atoms with van der Waals surface area (Å²) in [4.78, 5) is 4.61. The number of nitrogens with zero attached hydrogens (tertiary/aromatic N) is 1. The Kier molecular flexibility index (Phi) is 3.13. The van der Waals surface area contributed by atoms with E-state index >= 15 is 0 Å². The van der Waals surface area contributed by atoms with E-state index in [0.29, 0.717) is 6.61 Å². The fourth-order valence-corrected chi connectivity index (χ4v) is 2.09. The Hall–Kier alpha value is -1.64. The van der Waals surface area contributed by atoms with E-state index in [1.165, 1.54) is 0 Å². The van der Waals surface area contributed by atoms with Crippen LogP contribution in [0.1, 0.15) is 17.4 Å². The zero-order chi connectivity index (χ0) is 12.4. The molecule has 0 saturated carbocycles. The molecule has 2 aromatic rings. The van der Waals surface area contributed by atoms with E-state index in [9.17, 15) is 0 Å². The molecular formula is C15H12ClNO. The van der Waals surface area contributed by atoms with E-state index in [1.807, 2.05) is 54.6 Å². The molecule has 1 aliphatic rings. The van der Waals surface area contributed by atoms with Crippen LogP contribution in [-0.4, -0.2) is 12.3 Å². The summed E-state index contributed by atoms with van der Waals surface area (Å²) < 4.78 is 5.70. The van der Waals surface area contributed by atoms with Gasteiger partial charge in [0.1, 0.15) is 0 Å². The zero-order valence-corrected chi connectivity index (χ0v) is 10.5. The van der Waals surface area contributed by atoms with Crippen molar-refractivity contribution < 1.29 is 4.74 Å². The second kappa shape index (κ2) is 4.92. The van der Waals surface area contributed by atoms with Crippen LogP contribution in [0.4, 0.5) is 0 Å². The standard InChI is InChI=1S/C15H12ClNO/c16-13-8-6-12(7-9-13)15-17-14(10-18-15)11-4-2-1-3-5-11/h1-9,15H,10H2. The molecule has 0 fully saturated rings. The van der Waals surface area contributed by atoms with Gasteiger partial charge in [0, 0.05) is 10.6 Å². The molecule has 0 spiro atoms. The van der Waals surface area contributed by atoms with Gasteiger partial charge in [-0.1, -0.05) is 54.1 Å². The third-order valence-electron chi connectivity index (χ3n) is 2.91. The largest absolute Gasteiger partial charge is 0.346 e. The van der Waals surface area contributed by atoms with Crippen molar-refractivity contribution >= 4 is 17.3 Å². The van der Waals surface area contributed by atoms with Gasteiger partial charge in [-0.05, 0) is 17.7 Å². The minimum atomic E-state index is -0.211. The average Bonchev–Trinajstić information content (AvgIpc) is 2.90. The molecule has 3 heteroatoms. The van der Waals surface area contributed by atoms with Crippen molar-refractivity contribution in [3.05, 3.63) is 70.7 Å². The third-order valence-corrected chi connectivity index (χ3v) is 3.17. The van der Waals surface area contributed by atoms with E-state index < -0.39 is 0 Å². The van der Waals surface area contributed by atoms with Gasteiger partial charge in [-0.15, -0.1) is 0 Å². The lowest BCUT2D eigenvalue weighted by Gasteiger charge is -2.06. The van der Waals surface area contributed by atoms with Gasteiger partial charge in [0.25, 0.3) is 0 Å². The summed E-state index contributed by atoms with van der Waals surface area (Å²) in [7, 11) is 0. The van der Waals surface area contributed by atoms with Gasteiger partial charge in [-0.25, -0.2) is 0 Å². The highest BCUT2D eigenvalue weighted by Crippen LogP contribution is 2.26. The maximum Gasteiger partial charge on any atom is 0.175 e. The maximum absolute atomic E-state index is 5.87. The van der Waals surface area contributed by atoms with E-state index in [4.69, 9.17) is 16.3 Å². The predicted octanol–water partition coefficient (Wildman–Crippen LogP) is 3.86. The minimum absolute atomic E-state index is 0.211. The lowest BCUT2D eigenvalue weighted by atomic mass is 10.1. The summed E-state index contributed by atoms with van der Waals surface area (Å²) in [5, 5.41) is 0.726. The van der Waals surface area contributed by atoms with Crippen molar-refractivity contribution in [2.45, 2.75) is 6.23 Å². The Labute approximate surface area is 111 Å².